The van der Waals surface area contributed by atoms with Crippen LogP contribution >= 0.6 is 0 Å². The number of aryl methyl sites for hydroxylation is 3. The first-order valence-corrected chi connectivity index (χ1v) is 13.7. The zero-order chi connectivity index (χ0) is 28.2. The van der Waals surface area contributed by atoms with Gasteiger partial charge in [0.2, 0.25) is 17.7 Å². The molecule has 1 heterocycles. The Morgan fingerprint density at radius 2 is 1.74 bits per heavy atom. The predicted octanol–water partition coefficient (Wildman–Crippen LogP) is 2.77. The molecular formula is C30H41FN4O4. The Kier molecular flexibility index (Phi) is 11.7. The minimum atomic E-state index is -0.388. The maximum absolute atomic E-state index is 13.7. The Bertz CT molecular complexity index is 1100. The predicted molar refractivity (Wildman–Crippen MR) is 149 cm³/mol. The van der Waals surface area contributed by atoms with Gasteiger partial charge in [-0.25, -0.2) is 4.39 Å². The molecule has 0 spiro atoms. The van der Waals surface area contributed by atoms with Gasteiger partial charge in [-0.05, 0) is 62.1 Å². The number of ether oxygens (including phenoxy) is 1. The van der Waals surface area contributed by atoms with Crippen molar-refractivity contribution < 1.29 is 23.5 Å². The first-order valence-electron chi connectivity index (χ1n) is 13.7. The Balaban J connectivity index is 0.000000395. The lowest BCUT2D eigenvalue weighted by Crippen LogP contribution is -2.50. The third-order valence-corrected chi connectivity index (χ3v) is 6.79. The molecule has 3 N–H and O–H groups in total. The third kappa shape index (κ3) is 10.3. The van der Waals surface area contributed by atoms with Crippen molar-refractivity contribution in [2.24, 2.45) is 5.92 Å². The Morgan fingerprint density at radius 3 is 2.44 bits per heavy atom. The van der Waals surface area contributed by atoms with Gasteiger partial charge in [0.05, 0.1) is 19.1 Å². The second-order valence-corrected chi connectivity index (χ2v) is 10.1. The standard InChI is InChI=1S/C21H29FN4O4.C9H12/c1-26-13-19(28)25-12-18(27)23-8-2-3-14-6-7-16(22)11-17(14)30-10-9-24-20(21(26)29)15-4-5-15;1-3-9-6-4-8(2)5-7-9/h6-7,11,15,20,24H,2-5,8-10,12-13H2,1H3,(H,23,27)(H,25,28);4-7H,3H2,1-2H3. The van der Waals surface area contributed by atoms with E-state index >= 15 is 0 Å². The number of hydrogen-bond acceptors (Lipinski definition) is 5. The van der Waals surface area contributed by atoms with E-state index < -0.39 is 0 Å². The van der Waals surface area contributed by atoms with Gasteiger partial charge in [-0.15, -0.1) is 0 Å². The van der Waals surface area contributed by atoms with E-state index in [1.807, 2.05) is 0 Å². The molecule has 1 aliphatic heterocycles. The fourth-order valence-electron chi connectivity index (χ4n) is 4.29. The highest BCUT2D eigenvalue weighted by Gasteiger charge is 2.37. The van der Waals surface area contributed by atoms with Crippen LogP contribution in [-0.2, 0) is 27.2 Å². The van der Waals surface area contributed by atoms with Gasteiger partial charge in [0.25, 0.3) is 0 Å². The molecule has 3 amide bonds. The Hall–Kier alpha value is -3.46. The lowest BCUT2D eigenvalue weighted by molar-refractivity contribution is -0.137. The van der Waals surface area contributed by atoms with E-state index in [2.05, 4.69) is 54.1 Å². The zero-order valence-electron chi connectivity index (χ0n) is 23.2. The van der Waals surface area contributed by atoms with Crippen LogP contribution in [0.25, 0.3) is 0 Å². The zero-order valence-corrected chi connectivity index (χ0v) is 23.2. The van der Waals surface area contributed by atoms with Crippen LogP contribution < -0.4 is 20.7 Å². The molecule has 0 aromatic heterocycles. The van der Waals surface area contributed by atoms with E-state index in [-0.39, 0.29) is 55.2 Å². The molecule has 0 radical (unpaired) electrons. The number of benzene rings is 2. The smallest absolute Gasteiger partial charge is 0.240 e. The molecule has 2 aliphatic rings. The van der Waals surface area contributed by atoms with Crippen LogP contribution in [0.5, 0.6) is 5.75 Å². The molecule has 1 aliphatic carbocycles. The van der Waals surface area contributed by atoms with Gasteiger partial charge in [-0.1, -0.05) is 42.8 Å². The summed E-state index contributed by atoms with van der Waals surface area (Å²) in [5.41, 5.74) is 3.61. The quantitative estimate of drug-likeness (QED) is 0.544. The van der Waals surface area contributed by atoms with Crippen LogP contribution in [0.15, 0.2) is 42.5 Å². The van der Waals surface area contributed by atoms with Crippen LogP contribution in [0.3, 0.4) is 0 Å². The van der Waals surface area contributed by atoms with Crippen molar-refractivity contribution in [3.05, 3.63) is 65.0 Å². The fourth-order valence-corrected chi connectivity index (χ4v) is 4.29. The Morgan fingerprint density at radius 1 is 1.00 bits per heavy atom. The van der Waals surface area contributed by atoms with Crippen molar-refractivity contribution >= 4 is 17.7 Å². The maximum atomic E-state index is 13.7. The molecule has 1 saturated carbocycles. The van der Waals surface area contributed by atoms with Crippen LogP contribution in [0.4, 0.5) is 4.39 Å². The summed E-state index contributed by atoms with van der Waals surface area (Å²) in [6, 6.07) is 12.7. The molecule has 1 fully saturated rings. The first kappa shape index (κ1) is 30.1. The minimum Gasteiger partial charge on any atom is -0.492 e. The number of nitrogens with one attached hydrogen (secondary N) is 3. The van der Waals surface area contributed by atoms with Crippen molar-refractivity contribution in [1.82, 2.24) is 20.9 Å². The number of fused-ring (bicyclic) bond motifs is 1. The number of carbonyl (C=O) groups is 3. The second-order valence-electron chi connectivity index (χ2n) is 10.1. The van der Waals surface area contributed by atoms with Gasteiger partial charge in [0.15, 0.2) is 0 Å². The average Bonchev–Trinajstić information content (AvgIpc) is 3.76. The molecule has 1 atom stereocenters. The number of carbonyl (C=O) groups excluding carboxylic acids is 3. The number of halogens is 1. The highest BCUT2D eigenvalue weighted by molar-refractivity contribution is 5.89. The van der Waals surface area contributed by atoms with E-state index in [9.17, 15) is 18.8 Å². The van der Waals surface area contributed by atoms with Crippen molar-refractivity contribution in [3.8, 4) is 5.75 Å². The van der Waals surface area contributed by atoms with Gasteiger partial charge in [-0.2, -0.15) is 0 Å². The summed E-state index contributed by atoms with van der Waals surface area (Å²) in [4.78, 5) is 38.2. The first-order chi connectivity index (χ1) is 18.8. The highest BCUT2D eigenvalue weighted by atomic mass is 19.1. The number of rotatable bonds is 2. The van der Waals surface area contributed by atoms with Crippen molar-refractivity contribution in [2.45, 2.75) is 52.0 Å². The molecule has 2 aromatic rings. The molecule has 9 heteroatoms. The molecule has 2 aromatic carbocycles. The van der Waals surface area contributed by atoms with Crippen LogP contribution in [-0.4, -0.2) is 68.5 Å². The summed E-state index contributed by atoms with van der Waals surface area (Å²) < 4.78 is 19.5. The molecular weight excluding hydrogens is 499 g/mol. The summed E-state index contributed by atoms with van der Waals surface area (Å²) in [6.07, 6.45) is 4.32. The monoisotopic (exact) mass is 540 g/mol. The van der Waals surface area contributed by atoms with Gasteiger partial charge < -0.3 is 25.6 Å². The summed E-state index contributed by atoms with van der Waals surface area (Å²) in [6.45, 7) is 5.17. The lowest BCUT2D eigenvalue weighted by atomic mass is 10.1. The van der Waals surface area contributed by atoms with E-state index in [1.165, 1.54) is 28.2 Å². The van der Waals surface area contributed by atoms with Crippen molar-refractivity contribution in [1.29, 1.82) is 0 Å². The van der Waals surface area contributed by atoms with E-state index in [4.69, 9.17) is 4.74 Å². The van der Waals surface area contributed by atoms with Gasteiger partial charge in [0, 0.05) is 26.2 Å². The Labute approximate surface area is 230 Å². The van der Waals surface area contributed by atoms with E-state index in [0.717, 1.165) is 24.8 Å². The SMILES string of the molecule is CCc1ccc(C)cc1.CN1CC(=O)NCC(=O)NCCCc2ccc(F)cc2OCCNC(C2CC2)C1=O. The minimum absolute atomic E-state index is 0.111. The lowest BCUT2D eigenvalue weighted by Gasteiger charge is -2.24. The number of likely N-dealkylation sites (N-methyl/N-ethyl adjacent to an activating group) is 1. The summed E-state index contributed by atoms with van der Waals surface area (Å²) in [5.74, 6) is -0.500. The normalized spacial score (nSPS) is 19.7. The van der Waals surface area contributed by atoms with Crippen molar-refractivity contribution in [3.63, 3.8) is 0 Å². The molecule has 0 saturated heterocycles. The van der Waals surface area contributed by atoms with Crippen LogP contribution in [0.2, 0.25) is 0 Å². The van der Waals surface area contributed by atoms with Gasteiger partial charge >= 0.3 is 0 Å². The maximum Gasteiger partial charge on any atom is 0.240 e. The van der Waals surface area contributed by atoms with Gasteiger partial charge in [0.1, 0.15) is 18.2 Å². The number of amides is 3. The molecule has 1 unspecified atom stereocenters. The molecule has 8 nitrogen and oxygen atoms in total. The number of hydrogen-bond donors (Lipinski definition) is 3. The summed E-state index contributed by atoms with van der Waals surface area (Å²) in [5, 5.41) is 8.51. The van der Waals surface area contributed by atoms with Crippen LogP contribution in [0, 0.1) is 18.7 Å². The summed E-state index contributed by atoms with van der Waals surface area (Å²) in [7, 11) is 1.58. The average molecular weight is 541 g/mol. The summed E-state index contributed by atoms with van der Waals surface area (Å²) >= 11 is 0. The topological polar surface area (TPSA) is 99.8 Å². The molecule has 0 bridgehead atoms. The molecule has 212 valence electrons. The van der Waals surface area contributed by atoms with E-state index in [1.54, 1.807) is 13.1 Å². The van der Waals surface area contributed by atoms with Crippen molar-refractivity contribution in [2.75, 3.05) is 39.8 Å². The fraction of sp³-hybridized carbons (Fsp3) is 0.500. The largest absolute Gasteiger partial charge is 0.492 e. The third-order valence-electron chi connectivity index (χ3n) is 6.79. The van der Waals surface area contributed by atoms with Gasteiger partial charge in [-0.3, -0.25) is 14.4 Å². The molecule has 39 heavy (non-hydrogen) atoms. The number of nitrogens with zero attached hydrogens (tertiary/aromatic N) is 1. The molecule has 4 rings (SSSR count). The highest BCUT2D eigenvalue weighted by Crippen LogP contribution is 2.33. The second kappa shape index (κ2) is 15.2. The van der Waals surface area contributed by atoms with E-state index in [0.29, 0.717) is 31.7 Å². The van der Waals surface area contributed by atoms with Crippen LogP contribution in [0.1, 0.15) is 42.9 Å².